The average molecular weight is 548 g/mol. The van der Waals surface area contributed by atoms with E-state index in [9.17, 15) is 24.8 Å². The molecule has 4 rings (SSSR count). The van der Waals surface area contributed by atoms with Crippen molar-refractivity contribution in [1.29, 1.82) is 0 Å². The van der Waals surface area contributed by atoms with Crippen LogP contribution in [0.25, 0.3) is 11.2 Å². The third-order valence-corrected chi connectivity index (χ3v) is 5.74. The summed E-state index contributed by atoms with van der Waals surface area (Å²) in [6.45, 7) is -0.339. The van der Waals surface area contributed by atoms with Crippen LogP contribution in [0.4, 0.5) is 11.6 Å². The Kier molecular flexibility index (Phi) is 7.57. The van der Waals surface area contributed by atoms with Gasteiger partial charge in [-0.25, -0.2) is 10.2 Å². The van der Waals surface area contributed by atoms with Crippen molar-refractivity contribution in [2.24, 2.45) is 12.1 Å². The van der Waals surface area contributed by atoms with E-state index in [1.807, 2.05) is 0 Å². The van der Waals surface area contributed by atoms with Crippen LogP contribution in [-0.4, -0.2) is 48.1 Å². The fraction of sp³-hybridized carbons (Fsp3) is 0.182. The van der Waals surface area contributed by atoms with Crippen molar-refractivity contribution in [3.63, 3.8) is 0 Å². The van der Waals surface area contributed by atoms with E-state index in [1.54, 1.807) is 12.1 Å². The van der Waals surface area contributed by atoms with Gasteiger partial charge in [0.2, 0.25) is 5.95 Å². The van der Waals surface area contributed by atoms with Crippen LogP contribution in [0.15, 0.2) is 57.2 Å². The molecular formula is C22H19Cl2N7O6. The van der Waals surface area contributed by atoms with Crippen molar-refractivity contribution in [1.82, 2.24) is 19.1 Å². The SMILES string of the molecule is Cn1c(=O)[nH]c(=O)c2c1nc(N/N=C\c1ccc([N+](=O)[O-])cc1)n2C[C@H](O)COc1ccc(Cl)cc1Cl. The van der Waals surface area contributed by atoms with Gasteiger partial charge in [-0.3, -0.25) is 24.5 Å². The first-order valence-electron chi connectivity index (χ1n) is 10.6. The van der Waals surface area contributed by atoms with Gasteiger partial charge in [0.1, 0.15) is 18.5 Å². The van der Waals surface area contributed by atoms with Gasteiger partial charge >= 0.3 is 5.69 Å². The van der Waals surface area contributed by atoms with Gasteiger partial charge in [0, 0.05) is 24.2 Å². The summed E-state index contributed by atoms with van der Waals surface area (Å²) in [5, 5.41) is 26.2. The third kappa shape index (κ3) is 5.80. The Bertz CT molecular complexity index is 1610. The van der Waals surface area contributed by atoms with E-state index in [-0.39, 0.29) is 41.0 Å². The molecule has 0 amide bonds. The monoisotopic (exact) mass is 547 g/mol. The van der Waals surface area contributed by atoms with Crippen LogP contribution in [0.2, 0.25) is 10.0 Å². The lowest BCUT2D eigenvalue weighted by atomic mass is 10.2. The molecule has 2 aromatic carbocycles. The molecule has 2 aromatic heterocycles. The summed E-state index contributed by atoms with van der Waals surface area (Å²) < 4.78 is 8.09. The highest BCUT2D eigenvalue weighted by Gasteiger charge is 2.20. The summed E-state index contributed by atoms with van der Waals surface area (Å²) in [6.07, 6.45) is 0.263. The average Bonchev–Trinajstić information content (AvgIpc) is 3.21. The second-order valence-corrected chi connectivity index (χ2v) is 8.64. The van der Waals surface area contributed by atoms with Gasteiger partial charge in [-0.2, -0.15) is 10.1 Å². The summed E-state index contributed by atoms with van der Waals surface area (Å²) in [4.78, 5) is 41.5. The predicted molar refractivity (Wildman–Crippen MR) is 138 cm³/mol. The summed E-state index contributed by atoms with van der Waals surface area (Å²) in [6, 6.07) is 10.3. The van der Waals surface area contributed by atoms with E-state index in [1.165, 1.54) is 48.2 Å². The topological polar surface area (TPSA) is 170 Å². The molecule has 0 spiro atoms. The molecule has 0 aliphatic heterocycles. The molecule has 1 atom stereocenters. The highest BCUT2D eigenvalue weighted by Crippen LogP contribution is 2.27. The second kappa shape index (κ2) is 10.8. The van der Waals surface area contributed by atoms with Crippen molar-refractivity contribution >= 4 is 52.2 Å². The van der Waals surface area contributed by atoms with Crippen LogP contribution in [0.5, 0.6) is 5.75 Å². The smallest absolute Gasteiger partial charge is 0.329 e. The van der Waals surface area contributed by atoms with Crippen LogP contribution >= 0.6 is 23.2 Å². The molecule has 4 aromatic rings. The van der Waals surface area contributed by atoms with Gasteiger partial charge in [-0.1, -0.05) is 23.2 Å². The number of halogens is 2. The maximum absolute atomic E-state index is 12.6. The second-order valence-electron chi connectivity index (χ2n) is 7.79. The standard InChI is InChI=1S/C22H19Cl2N7O6/c1-29-19-18(20(33)27-22(29)34)30(10-15(32)11-37-17-7-4-13(23)8-16(17)24)21(26-19)28-25-9-12-2-5-14(6-3-12)31(35)36/h2-9,15,32H,10-11H2,1H3,(H,26,28)(H,27,33,34)/b25-9-/t15-/m0/s1. The molecule has 0 saturated heterocycles. The van der Waals surface area contributed by atoms with Crippen LogP contribution in [-0.2, 0) is 13.6 Å². The predicted octanol–water partition coefficient (Wildman–Crippen LogP) is 2.52. The van der Waals surface area contributed by atoms with E-state index in [0.29, 0.717) is 16.3 Å². The fourth-order valence-electron chi connectivity index (χ4n) is 3.39. The minimum atomic E-state index is -1.13. The number of rotatable bonds is 9. The van der Waals surface area contributed by atoms with Crippen molar-refractivity contribution in [2.75, 3.05) is 12.0 Å². The van der Waals surface area contributed by atoms with Gasteiger partial charge in [0.25, 0.3) is 11.2 Å². The lowest BCUT2D eigenvalue weighted by Gasteiger charge is -2.15. The number of imidazole rings is 1. The molecule has 0 aliphatic rings. The number of aromatic amines is 1. The lowest BCUT2D eigenvalue weighted by molar-refractivity contribution is -0.384. The molecule has 0 aliphatic carbocycles. The quantitative estimate of drug-likeness (QED) is 0.163. The van der Waals surface area contributed by atoms with E-state index in [0.717, 1.165) is 4.57 Å². The summed E-state index contributed by atoms with van der Waals surface area (Å²) in [5.74, 6) is 0.371. The normalized spacial score (nSPS) is 12.2. The molecule has 3 N–H and O–H groups in total. The number of nitro benzene ring substituents is 1. The van der Waals surface area contributed by atoms with Gasteiger partial charge < -0.3 is 14.4 Å². The number of nitrogens with zero attached hydrogens (tertiary/aromatic N) is 5. The lowest BCUT2D eigenvalue weighted by Crippen LogP contribution is -2.30. The van der Waals surface area contributed by atoms with E-state index >= 15 is 0 Å². The number of nitro groups is 1. The highest BCUT2D eigenvalue weighted by atomic mass is 35.5. The number of anilines is 1. The third-order valence-electron chi connectivity index (χ3n) is 5.21. The zero-order chi connectivity index (χ0) is 26.7. The highest BCUT2D eigenvalue weighted by molar-refractivity contribution is 6.35. The number of nitrogens with one attached hydrogen (secondary N) is 2. The summed E-state index contributed by atoms with van der Waals surface area (Å²) >= 11 is 12.0. The molecular weight excluding hydrogens is 529 g/mol. The van der Waals surface area contributed by atoms with E-state index in [2.05, 4.69) is 20.5 Å². The largest absolute Gasteiger partial charge is 0.489 e. The molecule has 0 radical (unpaired) electrons. The molecule has 0 bridgehead atoms. The number of ether oxygens (including phenoxy) is 1. The minimum absolute atomic E-state index is 0.0266. The minimum Gasteiger partial charge on any atom is -0.489 e. The molecule has 0 fully saturated rings. The van der Waals surface area contributed by atoms with Gasteiger partial charge in [-0.15, -0.1) is 0 Å². The van der Waals surface area contributed by atoms with Crippen molar-refractivity contribution in [3.05, 3.63) is 89.0 Å². The molecule has 2 heterocycles. The first-order valence-corrected chi connectivity index (χ1v) is 11.4. The molecule has 0 unspecified atom stereocenters. The Balaban J connectivity index is 1.59. The number of H-pyrrole nitrogens is 1. The Morgan fingerprint density at radius 1 is 1.27 bits per heavy atom. The number of hydrogen-bond donors (Lipinski definition) is 3. The molecule has 192 valence electrons. The number of non-ortho nitro benzene ring substituents is 1. The summed E-state index contributed by atoms with van der Waals surface area (Å²) in [7, 11) is 1.43. The number of aliphatic hydroxyl groups excluding tert-OH is 1. The fourth-order valence-corrected chi connectivity index (χ4v) is 3.85. The molecule has 37 heavy (non-hydrogen) atoms. The number of hydrogen-bond acceptors (Lipinski definition) is 9. The van der Waals surface area contributed by atoms with Crippen molar-refractivity contribution < 1.29 is 14.8 Å². The summed E-state index contributed by atoms with van der Waals surface area (Å²) in [5.41, 5.74) is 1.90. The van der Waals surface area contributed by atoms with Crippen LogP contribution in [0.1, 0.15) is 5.56 Å². The van der Waals surface area contributed by atoms with Crippen molar-refractivity contribution in [2.45, 2.75) is 12.6 Å². The zero-order valence-corrected chi connectivity index (χ0v) is 20.6. The number of hydrazone groups is 1. The van der Waals surface area contributed by atoms with Gasteiger partial charge in [0.15, 0.2) is 11.2 Å². The van der Waals surface area contributed by atoms with Crippen LogP contribution in [0, 0.1) is 10.1 Å². The number of fused-ring (bicyclic) bond motifs is 1. The van der Waals surface area contributed by atoms with Gasteiger partial charge in [0.05, 0.1) is 22.7 Å². The number of aryl methyl sites for hydroxylation is 1. The van der Waals surface area contributed by atoms with Gasteiger partial charge in [-0.05, 0) is 35.9 Å². The Morgan fingerprint density at radius 3 is 2.68 bits per heavy atom. The van der Waals surface area contributed by atoms with E-state index in [4.69, 9.17) is 27.9 Å². The van der Waals surface area contributed by atoms with Crippen LogP contribution < -0.4 is 21.4 Å². The Hall–Kier alpha value is -4.20. The number of aliphatic hydroxyl groups is 1. The Labute approximate surface area is 217 Å². The number of aromatic nitrogens is 4. The first-order chi connectivity index (χ1) is 17.6. The van der Waals surface area contributed by atoms with Crippen LogP contribution in [0.3, 0.4) is 0 Å². The zero-order valence-electron chi connectivity index (χ0n) is 19.1. The molecule has 0 saturated carbocycles. The van der Waals surface area contributed by atoms with Crippen molar-refractivity contribution in [3.8, 4) is 5.75 Å². The maximum Gasteiger partial charge on any atom is 0.329 e. The first kappa shape index (κ1) is 25.9. The number of benzene rings is 2. The Morgan fingerprint density at radius 2 is 2.00 bits per heavy atom. The maximum atomic E-state index is 12.6. The molecule has 13 nitrogen and oxygen atoms in total. The van der Waals surface area contributed by atoms with E-state index < -0.39 is 22.3 Å². The molecule has 15 heteroatoms.